The molecule has 0 aliphatic heterocycles. The number of hydrogen-bond donors (Lipinski definition) is 3. The average Bonchev–Trinajstić information content (AvgIpc) is 2.89. The molecule has 0 saturated carbocycles. The lowest BCUT2D eigenvalue weighted by molar-refractivity contribution is 0.367. The zero-order valence-electron chi connectivity index (χ0n) is 34.2. The van der Waals surface area contributed by atoms with Gasteiger partial charge in [0.2, 0.25) is 0 Å². The summed E-state index contributed by atoms with van der Waals surface area (Å²) in [6.45, 7) is 40.3. The van der Waals surface area contributed by atoms with Gasteiger partial charge in [-0.2, -0.15) is 0 Å². The molecule has 6 nitrogen and oxygen atoms in total. The molecule has 3 aromatic carbocycles. The molecule has 0 atom stereocenters. The van der Waals surface area contributed by atoms with Crippen LogP contribution in [0.5, 0.6) is 17.2 Å². The van der Waals surface area contributed by atoms with Crippen LogP contribution in [0.2, 0.25) is 0 Å². The maximum absolute atomic E-state index is 7.23. The summed E-state index contributed by atoms with van der Waals surface area (Å²) in [5.41, 5.74) is 6.85. The second-order valence-electron chi connectivity index (χ2n) is 19.4. The summed E-state index contributed by atoms with van der Waals surface area (Å²) in [6, 6.07) is 19.7. The molecule has 0 aromatic heterocycles. The molecule has 3 rings (SSSR count). The summed E-state index contributed by atoms with van der Waals surface area (Å²) in [5, 5.41) is 0. The molecule has 0 aliphatic carbocycles. The molecule has 50 heavy (non-hydrogen) atoms. The Morgan fingerprint density at radius 2 is 0.560 bits per heavy atom. The minimum atomic E-state index is -2.62. The van der Waals surface area contributed by atoms with Gasteiger partial charge in [0.1, 0.15) is 17.2 Å². The Labute approximate surface area is 307 Å². The van der Waals surface area contributed by atoms with Crippen LogP contribution in [0.4, 0.5) is 0 Å². The van der Waals surface area contributed by atoms with E-state index >= 15 is 0 Å². The molecule has 0 fully saturated rings. The zero-order chi connectivity index (χ0) is 38.8. The fourth-order valence-corrected chi connectivity index (χ4v) is 6.35. The molecule has 0 radical (unpaired) electrons. The summed E-state index contributed by atoms with van der Waals surface area (Å²) >= 11 is 0. The Hall–Kier alpha value is -2.20. The predicted molar refractivity (Wildman–Crippen MR) is 214 cm³/mol. The minimum Gasteiger partial charge on any atom is -0.408 e. The maximum atomic E-state index is 7.23. The summed E-state index contributed by atoms with van der Waals surface area (Å²) in [5.74, 6) is 2.37. The molecule has 3 aromatic rings. The van der Waals surface area contributed by atoms with Crippen molar-refractivity contribution in [2.24, 2.45) is 0 Å². The van der Waals surface area contributed by atoms with Crippen LogP contribution in [-0.4, -0.2) is 14.7 Å². The molecule has 3 N–H and O–H groups in total. The van der Waals surface area contributed by atoms with E-state index in [9.17, 15) is 0 Å². The molecular weight excluding hydrogens is 662 g/mol. The third-order valence-electron chi connectivity index (χ3n) is 8.48. The highest BCUT2D eigenvalue weighted by Crippen LogP contribution is 2.50. The van der Waals surface area contributed by atoms with Gasteiger partial charge in [0.15, 0.2) is 0 Å². The van der Waals surface area contributed by atoms with Crippen molar-refractivity contribution in [3.05, 3.63) is 88.0 Å². The number of benzene rings is 3. The van der Waals surface area contributed by atoms with Crippen molar-refractivity contribution in [2.45, 2.75) is 157 Å². The Balaban J connectivity index is 0.00000205. The van der Waals surface area contributed by atoms with Gasteiger partial charge in [-0.25, -0.2) is 0 Å². The molecule has 0 spiro atoms. The van der Waals surface area contributed by atoms with Gasteiger partial charge in [-0.15, -0.1) is 0 Å². The minimum absolute atomic E-state index is 0.0170. The second-order valence-corrected chi connectivity index (χ2v) is 20.9. The van der Waals surface area contributed by atoms with Crippen LogP contribution in [0.3, 0.4) is 0 Å². The fourth-order valence-electron chi connectivity index (χ4n) is 5.28. The van der Waals surface area contributed by atoms with Gasteiger partial charge in [-0.05, 0) is 67.4 Å². The number of hydrogen-bond acceptors (Lipinski definition) is 6. The van der Waals surface area contributed by atoms with E-state index in [1.165, 1.54) is 16.7 Å². The van der Waals surface area contributed by atoms with E-state index in [1.807, 2.05) is 0 Å². The van der Waals surface area contributed by atoms with Gasteiger partial charge in [0.05, 0.1) is 0 Å². The van der Waals surface area contributed by atoms with Gasteiger partial charge >= 0.3 is 17.2 Å². The Morgan fingerprint density at radius 1 is 0.360 bits per heavy atom. The van der Waals surface area contributed by atoms with Gasteiger partial charge in [-0.1, -0.05) is 161 Å². The molecule has 280 valence electrons. The van der Waals surface area contributed by atoms with Crippen LogP contribution < -0.4 is 13.6 Å². The molecule has 8 heteroatoms. The fraction of sp³-hybridized carbons (Fsp3) is 0.571. The topological polar surface area (TPSA) is 88.4 Å². The molecule has 0 bridgehead atoms. The van der Waals surface area contributed by atoms with E-state index in [0.717, 1.165) is 33.9 Å². The van der Waals surface area contributed by atoms with Crippen LogP contribution in [-0.2, 0) is 32.5 Å². The van der Waals surface area contributed by atoms with Gasteiger partial charge in [-0.3, -0.25) is 0 Å². The molecular formula is C42H66O6P2. The first-order chi connectivity index (χ1) is 22.3. The Kier molecular flexibility index (Phi) is 13.9. The van der Waals surface area contributed by atoms with Crippen LogP contribution >= 0.6 is 17.2 Å². The van der Waals surface area contributed by atoms with Crippen molar-refractivity contribution in [1.29, 1.82) is 0 Å². The highest BCUT2D eigenvalue weighted by atomic mass is 31.2. The molecule has 0 heterocycles. The monoisotopic (exact) mass is 728 g/mol. The number of rotatable bonds is 6. The predicted octanol–water partition coefficient (Wildman–Crippen LogP) is 12.4. The van der Waals surface area contributed by atoms with Crippen molar-refractivity contribution in [1.82, 2.24) is 0 Å². The van der Waals surface area contributed by atoms with Gasteiger partial charge in [0.25, 0.3) is 0 Å². The quantitative estimate of drug-likeness (QED) is 0.219. The van der Waals surface area contributed by atoms with Crippen LogP contribution in [0.15, 0.2) is 54.6 Å². The van der Waals surface area contributed by atoms with Crippen molar-refractivity contribution < 1.29 is 28.3 Å². The van der Waals surface area contributed by atoms with Crippen LogP contribution in [0.1, 0.15) is 158 Å². The standard InChI is InChI=1S/C42H63O3P.H3O3P/c1-37(2,3)28-19-22-34(31(25-28)40(10,11)12)43-46(44-35-23-20-29(38(4,5)6)26-32(35)41(13,14)15)45-36-24-21-30(39(7,8)9)27-33(36)42(16,17)18;1-4(2)3/h19-27H,1-18H3;1-3H. The first kappa shape index (κ1) is 44.0. The van der Waals surface area contributed by atoms with Gasteiger partial charge < -0.3 is 28.3 Å². The Bertz CT molecular complexity index is 1380. The largest absolute Gasteiger partial charge is 0.530 e. The third-order valence-corrected chi connectivity index (χ3v) is 9.52. The summed E-state index contributed by atoms with van der Waals surface area (Å²) < 4.78 is 20.7. The van der Waals surface area contributed by atoms with E-state index in [-0.39, 0.29) is 32.5 Å². The van der Waals surface area contributed by atoms with Gasteiger partial charge in [0, 0.05) is 16.7 Å². The lowest BCUT2D eigenvalue weighted by Gasteiger charge is -2.31. The lowest BCUT2D eigenvalue weighted by atomic mass is 9.80. The molecule has 0 amide bonds. The van der Waals surface area contributed by atoms with E-state index in [1.54, 1.807) is 0 Å². The van der Waals surface area contributed by atoms with E-state index in [0.29, 0.717) is 0 Å². The van der Waals surface area contributed by atoms with E-state index in [4.69, 9.17) is 28.3 Å². The third kappa shape index (κ3) is 12.8. The van der Waals surface area contributed by atoms with E-state index < -0.39 is 17.2 Å². The SMILES string of the molecule is CC(C)(C)c1ccc(OP(Oc2ccc(C(C)(C)C)cc2C(C)(C)C)Oc2ccc(C(C)(C)C)cc2C(C)(C)C)c(C(C)(C)C)c1.OP(O)O. The van der Waals surface area contributed by atoms with Crippen LogP contribution in [0, 0.1) is 0 Å². The molecule has 0 saturated heterocycles. The van der Waals surface area contributed by atoms with Crippen molar-refractivity contribution in [3.8, 4) is 17.2 Å². The maximum Gasteiger partial charge on any atom is 0.530 e. The highest BCUT2D eigenvalue weighted by Gasteiger charge is 2.32. The average molecular weight is 729 g/mol. The molecule has 0 unspecified atom stereocenters. The van der Waals surface area contributed by atoms with Crippen molar-refractivity contribution in [3.63, 3.8) is 0 Å². The lowest BCUT2D eigenvalue weighted by Crippen LogP contribution is -2.20. The van der Waals surface area contributed by atoms with Crippen LogP contribution in [0.25, 0.3) is 0 Å². The normalized spacial score (nSPS) is 13.3. The smallest absolute Gasteiger partial charge is 0.408 e. The second kappa shape index (κ2) is 15.8. The Morgan fingerprint density at radius 3 is 0.720 bits per heavy atom. The summed E-state index contributed by atoms with van der Waals surface area (Å²) in [7, 11) is -4.51. The van der Waals surface area contributed by atoms with Crippen molar-refractivity contribution >= 4 is 17.2 Å². The van der Waals surface area contributed by atoms with E-state index in [2.05, 4.69) is 179 Å². The summed E-state index contributed by atoms with van der Waals surface area (Å²) in [4.78, 5) is 21.7. The summed E-state index contributed by atoms with van der Waals surface area (Å²) in [6.07, 6.45) is 0. The van der Waals surface area contributed by atoms with Crippen molar-refractivity contribution in [2.75, 3.05) is 0 Å². The first-order valence-corrected chi connectivity index (χ1v) is 19.8. The highest BCUT2D eigenvalue weighted by molar-refractivity contribution is 7.43. The zero-order valence-corrected chi connectivity index (χ0v) is 35.9. The molecule has 0 aliphatic rings. The first-order valence-electron chi connectivity index (χ1n) is 17.5.